The summed E-state index contributed by atoms with van der Waals surface area (Å²) >= 11 is 0. The molecule has 0 saturated carbocycles. The molecule has 1 aromatic rings. The van der Waals surface area contributed by atoms with Crippen molar-refractivity contribution in [2.45, 2.75) is 47.0 Å². The van der Waals surface area contributed by atoms with Crippen molar-refractivity contribution in [1.29, 1.82) is 0 Å². The van der Waals surface area contributed by atoms with Crippen molar-refractivity contribution in [2.24, 2.45) is 4.99 Å². The molecule has 1 aromatic carbocycles. The van der Waals surface area contributed by atoms with E-state index in [-0.39, 0.29) is 29.9 Å². The molecule has 0 fully saturated rings. The Kier molecular flexibility index (Phi) is 14.1. The van der Waals surface area contributed by atoms with Crippen molar-refractivity contribution in [3.8, 4) is 0 Å². The van der Waals surface area contributed by atoms with Crippen LogP contribution < -0.4 is 10.6 Å². The standard InChI is InChI=1S/C20H34N4O.HI/c1-5-17-9-11-18(12-10-17)13-15-22-20(21-6-2)23-16-14-19(25)24(7-3)8-4;/h9-12H,5-8,13-16H2,1-4H3,(H2,21,22,23);1H. The molecule has 2 N–H and O–H groups in total. The minimum Gasteiger partial charge on any atom is -0.357 e. The Morgan fingerprint density at radius 1 is 1.00 bits per heavy atom. The van der Waals surface area contributed by atoms with E-state index in [1.165, 1.54) is 11.1 Å². The maximum Gasteiger partial charge on any atom is 0.224 e. The zero-order valence-corrected chi connectivity index (χ0v) is 19.0. The quantitative estimate of drug-likeness (QED) is 0.311. The third-order valence-electron chi connectivity index (χ3n) is 4.19. The van der Waals surface area contributed by atoms with Crippen molar-refractivity contribution in [2.75, 3.05) is 32.7 Å². The molecule has 5 nitrogen and oxygen atoms in total. The molecule has 6 heteroatoms. The predicted molar refractivity (Wildman–Crippen MR) is 121 cm³/mol. The summed E-state index contributed by atoms with van der Waals surface area (Å²) < 4.78 is 0. The molecular formula is C20H35IN4O. The summed E-state index contributed by atoms with van der Waals surface area (Å²) in [4.78, 5) is 18.4. The Morgan fingerprint density at radius 2 is 1.62 bits per heavy atom. The Bertz CT molecular complexity index is 527. The van der Waals surface area contributed by atoms with Gasteiger partial charge in [0.05, 0.1) is 6.54 Å². The SMILES string of the molecule is CCNC(=NCCC(=O)N(CC)CC)NCCc1ccc(CC)cc1.I. The average molecular weight is 474 g/mol. The van der Waals surface area contributed by atoms with Gasteiger partial charge >= 0.3 is 0 Å². The van der Waals surface area contributed by atoms with Gasteiger partial charge in [-0.1, -0.05) is 31.2 Å². The minimum atomic E-state index is 0. The highest BCUT2D eigenvalue weighted by atomic mass is 127. The molecule has 0 unspecified atom stereocenters. The molecule has 26 heavy (non-hydrogen) atoms. The summed E-state index contributed by atoms with van der Waals surface area (Å²) in [5.41, 5.74) is 2.68. The van der Waals surface area contributed by atoms with Crippen LogP contribution >= 0.6 is 24.0 Å². The Morgan fingerprint density at radius 3 is 2.15 bits per heavy atom. The van der Waals surface area contributed by atoms with Gasteiger partial charge in [-0.3, -0.25) is 9.79 Å². The van der Waals surface area contributed by atoms with Crippen LogP contribution in [0.2, 0.25) is 0 Å². The van der Waals surface area contributed by atoms with E-state index in [2.05, 4.69) is 46.8 Å². The van der Waals surface area contributed by atoms with E-state index in [9.17, 15) is 4.79 Å². The molecule has 1 rings (SSSR count). The lowest BCUT2D eigenvalue weighted by molar-refractivity contribution is -0.130. The molecule has 0 atom stereocenters. The molecule has 0 radical (unpaired) electrons. The van der Waals surface area contributed by atoms with Gasteiger partial charge in [0, 0.05) is 32.6 Å². The van der Waals surface area contributed by atoms with E-state index in [0.717, 1.165) is 45.0 Å². The summed E-state index contributed by atoms with van der Waals surface area (Å²) in [6.07, 6.45) is 2.48. The molecular weight excluding hydrogens is 439 g/mol. The van der Waals surface area contributed by atoms with Crippen LogP contribution in [0.15, 0.2) is 29.3 Å². The Balaban J connectivity index is 0.00000625. The zero-order valence-electron chi connectivity index (χ0n) is 16.7. The van der Waals surface area contributed by atoms with E-state index in [1.54, 1.807) is 0 Å². The number of carbonyl (C=O) groups excluding carboxylic acids is 1. The summed E-state index contributed by atoms with van der Waals surface area (Å²) in [6.45, 7) is 11.9. The van der Waals surface area contributed by atoms with Crippen LogP contribution in [0.4, 0.5) is 0 Å². The largest absolute Gasteiger partial charge is 0.357 e. The van der Waals surface area contributed by atoms with Crippen LogP contribution in [0.1, 0.15) is 45.2 Å². The van der Waals surface area contributed by atoms with Gasteiger partial charge in [0.15, 0.2) is 5.96 Å². The van der Waals surface area contributed by atoms with Gasteiger partial charge in [-0.25, -0.2) is 0 Å². The van der Waals surface area contributed by atoms with E-state index in [4.69, 9.17) is 0 Å². The van der Waals surface area contributed by atoms with Gasteiger partial charge in [0.2, 0.25) is 5.91 Å². The number of rotatable bonds is 10. The second kappa shape index (κ2) is 14.8. The number of nitrogens with zero attached hydrogens (tertiary/aromatic N) is 2. The molecule has 0 spiro atoms. The zero-order chi connectivity index (χ0) is 18.5. The van der Waals surface area contributed by atoms with E-state index in [1.807, 2.05) is 25.7 Å². The van der Waals surface area contributed by atoms with Crippen molar-refractivity contribution in [1.82, 2.24) is 15.5 Å². The number of benzene rings is 1. The van der Waals surface area contributed by atoms with Crippen LogP contribution in [0.25, 0.3) is 0 Å². The van der Waals surface area contributed by atoms with Crippen LogP contribution in [-0.4, -0.2) is 49.5 Å². The number of hydrogen-bond acceptors (Lipinski definition) is 2. The summed E-state index contributed by atoms with van der Waals surface area (Å²) in [5.74, 6) is 0.945. The molecule has 0 bridgehead atoms. The molecule has 0 aliphatic rings. The van der Waals surface area contributed by atoms with E-state index in [0.29, 0.717) is 13.0 Å². The highest BCUT2D eigenvalue weighted by Crippen LogP contribution is 2.05. The predicted octanol–water partition coefficient (Wildman–Crippen LogP) is 3.22. The third-order valence-corrected chi connectivity index (χ3v) is 4.19. The lowest BCUT2D eigenvalue weighted by Gasteiger charge is -2.18. The summed E-state index contributed by atoms with van der Waals surface area (Å²) in [6, 6.07) is 8.75. The normalized spacial score (nSPS) is 10.8. The molecule has 1 amide bonds. The summed E-state index contributed by atoms with van der Waals surface area (Å²) in [5, 5.41) is 6.57. The van der Waals surface area contributed by atoms with Gasteiger partial charge in [-0.15, -0.1) is 24.0 Å². The van der Waals surface area contributed by atoms with Crippen LogP contribution in [0, 0.1) is 0 Å². The lowest BCUT2D eigenvalue weighted by atomic mass is 10.1. The van der Waals surface area contributed by atoms with Gasteiger partial charge in [-0.05, 0) is 44.7 Å². The highest BCUT2D eigenvalue weighted by Gasteiger charge is 2.08. The number of guanidine groups is 1. The van der Waals surface area contributed by atoms with Gasteiger partial charge in [0.25, 0.3) is 0 Å². The van der Waals surface area contributed by atoms with E-state index < -0.39 is 0 Å². The van der Waals surface area contributed by atoms with Crippen LogP contribution in [0.5, 0.6) is 0 Å². The van der Waals surface area contributed by atoms with Gasteiger partial charge < -0.3 is 15.5 Å². The second-order valence-corrected chi connectivity index (χ2v) is 5.92. The fraction of sp³-hybridized carbons (Fsp3) is 0.600. The van der Waals surface area contributed by atoms with Crippen molar-refractivity contribution < 1.29 is 4.79 Å². The first-order valence-corrected chi connectivity index (χ1v) is 9.52. The monoisotopic (exact) mass is 474 g/mol. The lowest BCUT2D eigenvalue weighted by Crippen LogP contribution is -2.38. The fourth-order valence-corrected chi connectivity index (χ4v) is 2.61. The molecule has 148 valence electrons. The molecule has 0 heterocycles. The first-order chi connectivity index (χ1) is 12.1. The molecule has 0 aromatic heterocycles. The number of nitrogens with one attached hydrogen (secondary N) is 2. The van der Waals surface area contributed by atoms with Crippen LogP contribution in [0.3, 0.4) is 0 Å². The molecule has 0 aliphatic carbocycles. The Labute approximate surface area is 176 Å². The molecule has 0 saturated heterocycles. The fourth-order valence-electron chi connectivity index (χ4n) is 2.61. The van der Waals surface area contributed by atoms with Crippen molar-refractivity contribution in [3.63, 3.8) is 0 Å². The van der Waals surface area contributed by atoms with Gasteiger partial charge in [-0.2, -0.15) is 0 Å². The van der Waals surface area contributed by atoms with E-state index >= 15 is 0 Å². The van der Waals surface area contributed by atoms with Crippen molar-refractivity contribution in [3.05, 3.63) is 35.4 Å². The topological polar surface area (TPSA) is 56.7 Å². The van der Waals surface area contributed by atoms with Crippen molar-refractivity contribution >= 4 is 35.8 Å². The molecule has 0 aliphatic heterocycles. The third kappa shape index (κ3) is 9.40. The highest BCUT2D eigenvalue weighted by molar-refractivity contribution is 14.0. The number of aliphatic imine (C=N–C) groups is 1. The number of aryl methyl sites for hydroxylation is 1. The maximum atomic E-state index is 12.0. The maximum absolute atomic E-state index is 12.0. The summed E-state index contributed by atoms with van der Waals surface area (Å²) in [7, 11) is 0. The number of amides is 1. The first kappa shape index (κ1) is 24.7. The average Bonchev–Trinajstić information content (AvgIpc) is 2.63. The van der Waals surface area contributed by atoms with Crippen LogP contribution in [-0.2, 0) is 17.6 Å². The number of hydrogen-bond donors (Lipinski definition) is 2. The number of carbonyl (C=O) groups is 1. The Hall–Kier alpha value is -1.31. The van der Waals surface area contributed by atoms with Gasteiger partial charge in [0.1, 0.15) is 0 Å². The second-order valence-electron chi connectivity index (χ2n) is 5.92. The first-order valence-electron chi connectivity index (χ1n) is 9.52. The smallest absolute Gasteiger partial charge is 0.224 e. The number of halogens is 1. The minimum absolute atomic E-state index is 0.